The van der Waals surface area contributed by atoms with Crippen LogP contribution < -0.4 is 0 Å². The monoisotopic (exact) mass is 511 g/mol. The van der Waals surface area contributed by atoms with Crippen LogP contribution in [0.5, 0.6) is 0 Å². The molecule has 134 valence electrons. The molecule has 7 nitrogen and oxygen atoms in total. The summed E-state index contributed by atoms with van der Waals surface area (Å²) < 4.78 is 3.84. The Labute approximate surface area is 209 Å². The Hall–Kier alpha value is -1.06. The molecule has 4 rings (SSSR count). The summed E-state index contributed by atoms with van der Waals surface area (Å²) in [5.41, 5.74) is 5.73. The van der Waals surface area contributed by atoms with Gasteiger partial charge in [0.15, 0.2) is 0 Å². The van der Waals surface area contributed by atoms with Crippen LogP contribution in [0.3, 0.4) is 0 Å². The number of fused-ring (bicyclic) bond motifs is 2. The molecule has 2 radical (unpaired) electrons. The van der Waals surface area contributed by atoms with Crippen molar-refractivity contribution in [2.75, 3.05) is 0 Å². The number of hydrogen-bond donors (Lipinski definition) is 0. The summed E-state index contributed by atoms with van der Waals surface area (Å²) in [6.45, 7) is 5.94. The van der Waals surface area contributed by atoms with Gasteiger partial charge < -0.3 is 29.1 Å². The zero-order chi connectivity index (χ0) is 18.6. The minimum atomic E-state index is 0. The summed E-state index contributed by atoms with van der Waals surface area (Å²) in [6.07, 6.45) is 17.0. The predicted octanol–water partition coefficient (Wildman–Crippen LogP) is 2.10. The Morgan fingerprint density at radius 1 is 0.815 bits per heavy atom. The number of terminal acetylenes is 1. The second kappa shape index (κ2) is 11.7. The van der Waals surface area contributed by atoms with Crippen LogP contribution in [0.1, 0.15) is 17.0 Å². The van der Waals surface area contributed by atoms with E-state index >= 15 is 0 Å². The number of hydrogen-bond acceptors (Lipinski definition) is 5. The minimum absolute atomic E-state index is 0. The zero-order valence-corrected chi connectivity index (χ0v) is 21.8. The van der Waals surface area contributed by atoms with E-state index in [2.05, 4.69) is 63.5 Å². The van der Waals surface area contributed by atoms with Crippen LogP contribution in [0.25, 0.3) is 22.2 Å². The van der Waals surface area contributed by atoms with Gasteiger partial charge in [-0.3, -0.25) is 4.98 Å². The van der Waals surface area contributed by atoms with Crippen molar-refractivity contribution in [1.82, 2.24) is 34.1 Å². The maximum atomic E-state index is 4.14. The molecule has 0 aliphatic rings. The molecule has 27 heavy (non-hydrogen) atoms. The number of aryl methyl sites for hydroxylation is 5. The summed E-state index contributed by atoms with van der Waals surface area (Å²) in [6, 6.07) is 0. The molecule has 0 N–H and O–H groups in total. The van der Waals surface area contributed by atoms with Crippen molar-refractivity contribution in [3.63, 3.8) is 0 Å². The Balaban J connectivity index is 0.000000431. The standard InChI is InChI=1S/C9H10N3.C7H7N4.C2H2.2Y/c1-6-4-12(3)9-8(6)7(2)10-5-11-9;1-5-6-7(9-3-8-5)11(2)4-10-6;1-2;;/h4H,1-3H3;4H,1-2H3;1-2H;;/q2*-1;;;. The molecule has 0 saturated heterocycles. The van der Waals surface area contributed by atoms with Crippen LogP contribution in [-0.2, 0) is 79.5 Å². The fraction of sp³-hybridized carbons (Fsp3) is 0.278. The first-order valence-corrected chi connectivity index (χ1v) is 7.50. The summed E-state index contributed by atoms with van der Waals surface area (Å²) in [5, 5.41) is 1.15. The van der Waals surface area contributed by atoms with Crippen LogP contribution in [0.15, 0.2) is 12.5 Å². The third-order valence-electron chi connectivity index (χ3n) is 3.70. The second-order valence-electron chi connectivity index (χ2n) is 5.47. The van der Waals surface area contributed by atoms with Crippen molar-refractivity contribution < 1.29 is 65.4 Å². The van der Waals surface area contributed by atoms with Gasteiger partial charge in [0.05, 0.1) is 6.33 Å². The molecule has 0 amide bonds. The largest absolute Gasteiger partial charge is 0.388 e. The Kier molecular flexibility index (Phi) is 11.2. The molecule has 0 saturated carbocycles. The van der Waals surface area contributed by atoms with Crippen LogP contribution in [0.2, 0.25) is 0 Å². The maximum Gasteiger partial charge on any atom is 0.0832 e. The first-order chi connectivity index (χ1) is 12.0. The van der Waals surface area contributed by atoms with Gasteiger partial charge in [0.25, 0.3) is 0 Å². The Bertz CT molecular complexity index is 1030. The molecule has 4 aromatic rings. The molecule has 9 heteroatoms. The van der Waals surface area contributed by atoms with Crippen molar-refractivity contribution >= 4 is 22.2 Å². The first kappa shape index (κ1) is 25.9. The van der Waals surface area contributed by atoms with E-state index in [-0.39, 0.29) is 65.4 Å². The fourth-order valence-corrected chi connectivity index (χ4v) is 2.57. The zero-order valence-electron chi connectivity index (χ0n) is 16.1. The van der Waals surface area contributed by atoms with E-state index < -0.39 is 0 Å². The average molecular weight is 511 g/mol. The van der Waals surface area contributed by atoms with Gasteiger partial charge in [-0.25, -0.2) is 0 Å². The molecule has 0 unspecified atom stereocenters. The van der Waals surface area contributed by atoms with Gasteiger partial charge in [0, 0.05) is 102 Å². The van der Waals surface area contributed by atoms with Gasteiger partial charge in [-0.2, -0.15) is 0 Å². The molecule has 0 spiro atoms. The van der Waals surface area contributed by atoms with Crippen molar-refractivity contribution in [3.05, 3.63) is 42.1 Å². The summed E-state index contributed by atoms with van der Waals surface area (Å²) >= 11 is 0. The smallest absolute Gasteiger partial charge is 0.0832 e. The molecule has 4 heterocycles. The van der Waals surface area contributed by atoms with Crippen LogP contribution in [-0.4, -0.2) is 34.1 Å². The van der Waals surface area contributed by atoms with E-state index in [1.807, 2.05) is 37.1 Å². The number of aromatic nitrogens is 7. The third kappa shape index (κ3) is 5.71. The first-order valence-electron chi connectivity index (χ1n) is 7.50. The maximum absolute atomic E-state index is 4.14. The predicted molar refractivity (Wildman–Crippen MR) is 96.6 cm³/mol. The topological polar surface area (TPSA) is 74.3 Å². The van der Waals surface area contributed by atoms with Crippen LogP contribution >= 0.6 is 0 Å². The van der Waals surface area contributed by atoms with Gasteiger partial charge in [0.1, 0.15) is 0 Å². The summed E-state index contributed by atoms with van der Waals surface area (Å²) in [7, 11) is 3.88. The molecule has 4 aromatic heterocycles. The fourth-order valence-electron chi connectivity index (χ4n) is 2.57. The average Bonchev–Trinajstić information content (AvgIpc) is 3.13. The van der Waals surface area contributed by atoms with E-state index in [4.69, 9.17) is 0 Å². The molecular weight excluding hydrogens is 492 g/mol. The SMILES string of the molecule is C#C.Cc1cn(C)c2n[c-]nc(C)c12.Cc1n[c-]nc2c1ncn2C.[Y].[Y]. The van der Waals surface area contributed by atoms with Crippen molar-refractivity contribution in [2.24, 2.45) is 14.1 Å². The molecule has 0 bridgehead atoms. The number of rotatable bonds is 0. The van der Waals surface area contributed by atoms with Gasteiger partial charge in [-0.05, 0) is 31.4 Å². The summed E-state index contributed by atoms with van der Waals surface area (Å²) in [4.78, 5) is 20.1. The third-order valence-corrected chi connectivity index (χ3v) is 3.70. The van der Waals surface area contributed by atoms with Gasteiger partial charge in [-0.1, -0.05) is 24.9 Å². The number of imidazole rings is 1. The number of nitrogens with zero attached hydrogens (tertiary/aromatic N) is 7. The van der Waals surface area contributed by atoms with E-state index in [0.29, 0.717) is 0 Å². The van der Waals surface area contributed by atoms with Crippen LogP contribution in [0, 0.1) is 46.3 Å². The normalized spacial score (nSPS) is 9.30. The molecular formula is C18H19N7Y2-2. The van der Waals surface area contributed by atoms with E-state index in [9.17, 15) is 0 Å². The van der Waals surface area contributed by atoms with Gasteiger partial charge in [0.2, 0.25) is 0 Å². The minimum Gasteiger partial charge on any atom is -0.388 e. The van der Waals surface area contributed by atoms with Crippen LogP contribution in [0.4, 0.5) is 0 Å². The van der Waals surface area contributed by atoms with Crippen molar-refractivity contribution in [3.8, 4) is 12.8 Å². The van der Waals surface area contributed by atoms with Gasteiger partial charge in [-0.15, -0.1) is 12.8 Å². The van der Waals surface area contributed by atoms with Gasteiger partial charge >= 0.3 is 0 Å². The second-order valence-corrected chi connectivity index (χ2v) is 5.47. The quantitative estimate of drug-likeness (QED) is 0.267. The molecule has 0 aliphatic heterocycles. The van der Waals surface area contributed by atoms with Crippen molar-refractivity contribution in [1.29, 1.82) is 0 Å². The molecule has 0 aromatic carbocycles. The molecule has 0 fully saturated rings. The molecule has 0 atom stereocenters. The van der Waals surface area contributed by atoms with E-state index in [0.717, 1.165) is 33.6 Å². The Morgan fingerprint density at radius 3 is 1.93 bits per heavy atom. The Morgan fingerprint density at radius 2 is 1.37 bits per heavy atom. The van der Waals surface area contributed by atoms with Crippen molar-refractivity contribution in [2.45, 2.75) is 20.8 Å². The van der Waals surface area contributed by atoms with E-state index in [1.54, 1.807) is 6.33 Å². The molecule has 0 aliphatic carbocycles. The van der Waals surface area contributed by atoms with E-state index in [1.165, 1.54) is 5.56 Å². The summed E-state index contributed by atoms with van der Waals surface area (Å²) in [5.74, 6) is 0.